The summed E-state index contributed by atoms with van der Waals surface area (Å²) >= 11 is 0. The van der Waals surface area contributed by atoms with Crippen molar-refractivity contribution >= 4 is 21.7 Å². The van der Waals surface area contributed by atoms with Crippen molar-refractivity contribution in [1.82, 2.24) is 9.97 Å². The Labute approximate surface area is 158 Å². The maximum atomic E-state index is 5.04. The van der Waals surface area contributed by atoms with Crippen LogP contribution in [0.15, 0.2) is 91.0 Å². The minimum absolute atomic E-state index is 0.761. The molecule has 0 atom stereocenters. The van der Waals surface area contributed by atoms with E-state index in [0.717, 1.165) is 28.0 Å². The average Bonchev–Trinajstić information content (AvgIpc) is 2.74. The maximum Gasteiger partial charge on any atom is 0.160 e. The number of benzene rings is 4. The molecule has 0 fully saturated rings. The summed E-state index contributed by atoms with van der Waals surface area (Å²) in [7, 11) is 0. The lowest BCUT2D eigenvalue weighted by atomic mass is 9.95. The maximum absolute atomic E-state index is 5.04. The van der Waals surface area contributed by atoms with Crippen molar-refractivity contribution in [2.45, 2.75) is 6.92 Å². The van der Waals surface area contributed by atoms with Crippen LogP contribution in [-0.2, 0) is 0 Å². The van der Waals surface area contributed by atoms with Crippen molar-refractivity contribution in [1.29, 1.82) is 0 Å². The van der Waals surface area contributed by atoms with Crippen LogP contribution in [0.1, 0.15) is 5.56 Å². The molecule has 0 amide bonds. The molecule has 0 N–H and O–H groups in total. The highest BCUT2D eigenvalue weighted by molar-refractivity contribution is 6.04. The molecule has 4 aromatic carbocycles. The second-order valence-electron chi connectivity index (χ2n) is 6.76. The third-order valence-corrected chi connectivity index (χ3v) is 5.01. The Kier molecular flexibility index (Phi) is 3.68. The predicted molar refractivity (Wildman–Crippen MR) is 113 cm³/mol. The largest absolute Gasteiger partial charge is 0.228 e. The van der Waals surface area contributed by atoms with E-state index in [9.17, 15) is 0 Å². The number of nitrogens with zero attached hydrogens (tertiary/aromatic N) is 2. The van der Waals surface area contributed by atoms with Crippen LogP contribution in [0, 0.1) is 6.92 Å². The first-order valence-electron chi connectivity index (χ1n) is 9.12. The van der Waals surface area contributed by atoms with Gasteiger partial charge in [0.05, 0.1) is 11.2 Å². The van der Waals surface area contributed by atoms with Crippen LogP contribution in [0.2, 0.25) is 0 Å². The first-order chi connectivity index (χ1) is 13.3. The molecule has 2 heteroatoms. The van der Waals surface area contributed by atoms with Gasteiger partial charge in [-0.25, -0.2) is 9.97 Å². The highest BCUT2D eigenvalue weighted by Crippen LogP contribution is 2.35. The summed E-state index contributed by atoms with van der Waals surface area (Å²) < 4.78 is 0. The number of para-hydroxylation sites is 1. The molecule has 2 nitrogen and oxygen atoms in total. The van der Waals surface area contributed by atoms with Crippen molar-refractivity contribution in [3.05, 3.63) is 96.6 Å². The minimum Gasteiger partial charge on any atom is -0.228 e. The molecule has 27 heavy (non-hydrogen) atoms. The first-order valence-corrected chi connectivity index (χ1v) is 9.12. The van der Waals surface area contributed by atoms with Crippen molar-refractivity contribution in [2.75, 3.05) is 0 Å². The highest BCUT2D eigenvalue weighted by Gasteiger charge is 2.15. The summed E-state index contributed by atoms with van der Waals surface area (Å²) in [4.78, 5) is 9.87. The van der Waals surface area contributed by atoms with Crippen LogP contribution >= 0.6 is 0 Å². The zero-order valence-electron chi connectivity index (χ0n) is 15.1. The molecule has 0 aliphatic carbocycles. The zero-order chi connectivity index (χ0) is 18.2. The number of aryl methyl sites for hydroxylation is 1. The average molecular weight is 346 g/mol. The van der Waals surface area contributed by atoms with E-state index in [-0.39, 0.29) is 0 Å². The Bertz CT molecular complexity index is 1270. The van der Waals surface area contributed by atoms with Crippen molar-refractivity contribution in [2.24, 2.45) is 0 Å². The molecule has 5 rings (SSSR count). The number of rotatable bonds is 2. The van der Waals surface area contributed by atoms with E-state index in [0.29, 0.717) is 0 Å². The fourth-order valence-corrected chi connectivity index (χ4v) is 3.68. The van der Waals surface area contributed by atoms with Crippen molar-refractivity contribution in [3.63, 3.8) is 0 Å². The fraction of sp³-hybridized carbons (Fsp3) is 0.0400. The monoisotopic (exact) mass is 346 g/mol. The lowest BCUT2D eigenvalue weighted by molar-refractivity contribution is 1.23. The second kappa shape index (κ2) is 6.33. The number of aromatic nitrogens is 2. The summed E-state index contributed by atoms with van der Waals surface area (Å²) in [6, 6.07) is 31.3. The van der Waals surface area contributed by atoms with Crippen LogP contribution in [-0.4, -0.2) is 9.97 Å². The molecule has 0 saturated carbocycles. The minimum atomic E-state index is 0.761. The predicted octanol–water partition coefficient (Wildman–Crippen LogP) is 6.43. The molecular weight excluding hydrogens is 328 g/mol. The molecule has 0 spiro atoms. The molecule has 128 valence electrons. The lowest BCUT2D eigenvalue weighted by Gasteiger charge is -2.14. The van der Waals surface area contributed by atoms with Gasteiger partial charge in [-0.05, 0) is 29.3 Å². The Morgan fingerprint density at radius 1 is 0.593 bits per heavy atom. The summed E-state index contributed by atoms with van der Waals surface area (Å²) in [6.45, 7) is 2.15. The van der Waals surface area contributed by atoms with Gasteiger partial charge in [0.1, 0.15) is 0 Å². The molecule has 0 radical (unpaired) electrons. The molecule has 5 aromatic rings. The van der Waals surface area contributed by atoms with Gasteiger partial charge in [-0.1, -0.05) is 84.9 Å². The third kappa shape index (κ3) is 2.67. The first kappa shape index (κ1) is 15.7. The summed E-state index contributed by atoms with van der Waals surface area (Å²) in [6.07, 6.45) is 0. The molecular formula is C25H18N2. The highest BCUT2D eigenvalue weighted by atomic mass is 14.9. The number of fused-ring (bicyclic) bond motifs is 2. The van der Waals surface area contributed by atoms with Gasteiger partial charge in [0.25, 0.3) is 0 Å². The van der Waals surface area contributed by atoms with E-state index in [1.54, 1.807) is 0 Å². The third-order valence-electron chi connectivity index (χ3n) is 5.01. The fourth-order valence-electron chi connectivity index (χ4n) is 3.68. The van der Waals surface area contributed by atoms with Crippen LogP contribution in [0.5, 0.6) is 0 Å². The Morgan fingerprint density at radius 2 is 1.30 bits per heavy atom. The molecule has 1 aromatic heterocycles. The smallest absolute Gasteiger partial charge is 0.160 e. The second-order valence-corrected chi connectivity index (χ2v) is 6.76. The topological polar surface area (TPSA) is 25.8 Å². The van der Waals surface area contributed by atoms with E-state index in [1.165, 1.54) is 21.9 Å². The summed E-state index contributed by atoms with van der Waals surface area (Å²) in [5, 5.41) is 3.53. The number of hydrogen-bond acceptors (Lipinski definition) is 2. The van der Waals surface area contributed by atoms with E-state index in [4.69, 9.17) is 9.97 Å². The Morgan fingerprint density at radius 3 is 2.15 bits per heavy atom. The molecule has 0 saturated heterocycles. The molecule has 0 bridgehead atoms. The van der Waals surface area contributed by atoms with Gasteiger partial charge in [0.15, 0.2) is 5.82 Å². The van der Waals surface area contributed by atoms with E-state index >= 15 is 0 Å². The van der Waals surface area contributed by atoms with Gasteiger partial charge in [0.2, 0.25) is 0 Å². The van der Waals surface area contributed by atoms with Gasteiger partial charge in [-0.3, -0.25) is 0 Å². The zero-order valence-corrected chi connectivity index (χ0v) is 15.1. The normalized spacial score (nSPS) is 11.1. The van der Waals surface area contributed by atoms with Gasteiger partial charge in [-0.2, -0.15) is 0 Å². The standard InChI is InChI=1S/C25H18N2/c1-17-15-16-18-9-5-6-12-20(18)23(17)24-21-13-7-8-14-22(21)26-25(27-24)19-10-3-2-4-11-19/h2-16H,1H3. The van der Waals surface area contributed by atoms with Crippen LogP contribution < -0.4 is 0 Å². The van der Waals surface area contributed by atoms with E-state index in [1.807, 2.05) is 24.3 Å². The van der Waals surface area contributed by atoms with E-state index < -0.39 is 0 Å². The Balaban J connectivity index is 1.90. The molecule has 1 heterocycles. The SMILES string of the molecule is Cc1ccc2ccccc2c1-c1nc(-c2ccccc2)nc2ccccc12. The van der Waals surface area contributed by atoms with Gasteiger partial charge in [-0.15, -0.1) is 0 Å². The summed E-state index contributed by atoms with van der Waals surface area (Å²) in [5.74, 6) is 0.761. The molecule has 0 aliphatic heterocycles. The van der Waals surface area contributed by atoms with Gasteiger partial charge in [0, 0.05) is 16.5 Å². The van der Waals surface area contributed by atoms with Crippen LogP contribution in [0.25, 0.3) is 44.3 Å². The lowest BCUT2D eigenvalue weighted by Crippen LogP contribution is -1.97. The van der Waals surface area contributed by atoms with Crippen molar-refractivity contribution < 1.29 is 0 Å². The quantitative estimate of drug-likeness (QED) is 0.368. The molecule has 0 aliphatic rings. The van der Waals surface area contributed by atoms with Gasteiger partial charge >= 0.3 is 0 Å². The summed E-state index contributed by atoms with van der Waals surface area (Å²) in [5.41, 5.74) is 5.39. The van der Waals surface area contributed by atoms with Gasteiger partial charge < -0.3 is 0 Å². The van der Waals surface area contributed by atoms with Crippen LogP contribution in [0.4, 0.5) is 0 Å². The molecule has 0 unspecified atom stereocenters. The van der Waals surface area contributed by atoms with Crippen LogP contribution in [0.3, 0.4) is 0 Å². The van der Waals surface area contributed by atoms with E-state index in [2.05, 4.69) is 73.7 Å². The van der Waals surface area contributed by atoms with Crippen molar-refractivity contribution in [3.8, 4) is 22.6 Å². The Hall–Kier alpha value is -3.52. The number of hydrogen-bond donors (Lipinski definition) is 0.